The highest BCUT2D eigenvalue weighted by atomic mass is 16.5. The van der Waals surface area contributed by atoms with Gasteiger partial charge < -0.3 is 4.52 Å². The Hall–Kier alpha value is -1.75. The van der Waals surface area contributed by atoms with Crippen molar-refractivity contribution in [1.29, 1.82) is 0 Å². The molecular formula is C13H16N4O. The van der Waals surface area contributed by atoms with Gasteiger partial charge in [-0.3, -0.25) is 9.88 Å². The van der Waals surface area contributed by atoms with E-state index < -0.39 is 0 Å². The van der Waals surface area contributed by atoms with E-state index in [0.29, 0.717) is 5.89 Å². The Balaban J connectivity index is 1.75. The van der Waals surface area contributed by atoms with Crippen LogP contribution < -0.4 is 0 Å². The van der Waals surface area contributed by atoms with Gasteiger partial charge in [-0.2, -0.15) is 4.98 Å². The summed E-state index contributed by atoms with van der Waals surface area (Å²) < 4.78 is 5.08. The monoisotopic (exact) mass is 244 g/mol. The Morgan fingerprint density at radius 2 is 2.44 bits per heavy atom. The number of nitrogens with zero attached hydrogens (tertiary/aromatic N) is 4. The third-order valence-corrected chi connectivity index (χ3v) is 3.31. The first-order valence-corrected chi connectivity index (χ1v) is 6.26. The standard InChI is InChI=1S/C13H16N4O/c1-10-15-13(16-18-10)12-5-3-7-17(12)9-11-4-2-6-14-8-11/h2,4,6,8,12H,3,5,7,9H2,1H3/t12-/m1/s1. The normalized spacial score (nSPS) is 20.4. The molecule has 1 aliphatic rings. The zero-order valence-corrected chi connectivity index (χ0v) is 10.4. The Kier molecular flexibility index (Phi) is 3.06. The maximum Gasteiger partial charge on any atom is 0.223 e. The summed E-state index contributed by atoms with van der Waals surface area (Å²) in [6.07, 6.45) is 5.99. The SMILES string of the molecule is Cc1nc([C@H]2CCCN2Cc2cccnc2)no1. The number of pyridine rings is 1. The summed E-state index contributed by atoms with van der Waals surface area (Å²) in [5, 5.41) is 4.05. The Labute approximate surface area is 106 Å². The molecule has 1 saturated heterocycles. The Bertz CT molecular complexity index is 511. The number of rotatable bonds is 3. The molecule has 5 heteroatoms. The first kappa shape index (κ1) is 11.3. The molecule has 5 nitrogen and oxygen atoms in total. The topological polar surface area (TPSA) is 55.1 Å². The smallest absolute Gasteiger partial charge is 0.223 e. The van der Waals surface area contributed by atoms with Crippen LogP contribution in [0.1, 0.15) is 36.2 Å². The van der Waals surface area contributed by atoms with Gasteiger partial charge in [0.25, 0.3) is 0 Å². The van der Waals surface area contributed by atoms with E-state index in [0.717, 1.165) is 25.3 Å². The lowest BCUT2D eigenvalue weighted by Gasteiger charge is -2.21. The molecular weight excluding hydrogens is 228 g/mol. The number of likely N-dealkylation sites (tertiary alicyclic amines) is 1. The summed E-state index contributed by atoms with van der Waals surface area (Å²) in [6.45, 7) is 3.80. The molecule has 94 valence electrons. The minimum atomic E-state index is 0.280. The number of aromatic nitrogens is 3. The van der Waals surface area contributed by atoms with E-state index in [-0.39, 0.29) is 6.04 Å². The van der Waals surface area contributed by atoms with Crippen molar-refractivity contribution in [2.45, 2.75) is 32.4 Å². The van der Waals surface area contributed by atoms with Crippen molar-refractivity contribution in [1.82, 2.24) is 20.0 Å². The van der Waals surface area contributed by atoms with Crippen molar-refractivity contribution in [2.24, 2.45) is 0 Å². The number of aryl methyl sites for hydroxylation is 1. The highest BCUT2D eigenvalue weighted by Gasteiger charge is 2.29. The molecule has 1 atom stereocenters. The van der Waals surface area contributed by atoms with Crippen LogP contribution in [0.2, 0.25) is 0 Å². The molecule has 3 rings (SSSR count). The third kappa shape index (κ3) is 2.26. The zero-order chi connectivity index (χ0) is 12.4. The average Bonchev–Trinajstić information content (AvgIpc) is 2.99. The van der Waals surface area contributed by atoms with E-state index in [1.165, 1.54) is 12.0 Å². The number of hydrogen-bond acceptors (Lipinski definition) is 5. The molecule has 0 amide bonds. The highest BCUT2D eigenvalue weighted by molar-refractivity contribution is 5.10. The summed E-state index contributed by atoms with van der Waals surface area (Å²) in [5.41, 5.74) is 1.23. The number of hydrogen-bond donors (Lipinski definition) is 0. The van der Waals surface area contributed by atoms with Crippen molar-refractivity contribution in [3.8, 4) is 0 Å². The first-order chi connectivity index (χ1) is 8.83. The van der Waals surface area contributed by atoms with Gasteiger partial charge in [0.2, 0.25) is 5.89 Å². The van der Waals surface area contributed by atoms with Gasteiger partial charge in [0.05, 0.1) is 6.04 Å². The average molecular weight is 244 g/mol. The lowest BCUT2D eigenvalue weighted by molar-refractivity contribution is 0.234. The van der Waals surface area contributed by atoms with E-state index in [4.69, 9.17) is 4.52 Å². The highest BCUT2D eigenvalue weighted by Crippen LogP contribution is 2.31. The van der Waals surface area contributed by atoms with Crippen LogP contribution >= 0.6 is 0 Å². The molecule has 0 saturated carbocycles. The van der Waals surface area contributed by atoms with Crippen LogP contribution in [0.15, 0.2) is 29.0 Å². The predicted octanol–water partition coefficient (Wildman–Crippen LogP) is 2.11. The lowest BCUT2D eigenvalue weighted by atomic mass is 10.2. The van der Waals surface area contributed by atoms with Crippen molar-refractivity contribution < 1.29 is 4.52 Å². The van der Waals surface area contributed by atoms with Crippen LogP contribution in [0.25, 0.3) is 0 Å². The molecule has 3 heterocycles. The summed E-state index contributed by atoms with van der Waals surface area (Å²) in [7, 11) is 0. The molecule has 0 unspecified atom stereocenters. The van der Waals surface area contributed by atoms with Gasteiger partial charge in [-0.05, 0) is 31.0 Å². The fourth-order valence-corrected chi connectivity index (χ4v) is 2.48. The van der Waals surface area contributed by atoms with Crippen LogP contribution in [-0.2, 0) is 6.54 Å². The van der Waals surface area contributed by atoms with E-state index in [9.17, 15) is 0 Å². The first-order valence-electron chi connectivity index (χ1n) is 6.26. The molecule has 18 heavy (non-hydrogen) atoms. The van der Waals surface area contributed by atoms with Crippen LogP contribution in [0.3, 0.4) is 0 Å². The minimum absolute atomic E-state index is 0.280. The van der Waals surface area contributed by atoms with Crippen LogP contribution in [0.5, 0.6) is 0 Å². The second-order valence-corrected chi connectivity index (χ2v) is 4.66. The molecule has 0 aromatic carbocycles. The molecule has 0 aliphatic carbocycles. The molecule has 1 aliphatic heterocycles. The van der Waals surface area contributed by atoms with Gasteiger partial charge in [-0.25, -0.2) is 0 Å². The van der Waals surface area contributed by atoms with Crippen LogP contribution in [0.4, 0.5) is 0 Å². The summed E-state index contributed by atoms with van der Waals surface area (Å²) in [5.74, 6) is 1.45. The van der Waals surface area contributed by atoms with Gasteiger partial charge >= 0.3 is 0 Å². The largest absolute Gasteiger partial charge is 0.340 e. The second-order valence-electron chi connectivity index (χ2n) is 4.66. The summed E-state index contributed by atoms with van der Waals surface area (Å²) in [4.78, 5) is 10.9. The quantitative estimate of drug-likeness (QED) is 0.827. The van der Waals surface area contributed by atoms with Crippen LogP contribution in [-0.4, -0.2) is 26.6 Å². The van der Waals surface area contributed by atoms with Gasteiger partial charge in [0.15, 0.2) is 5.82 Å². The van der Waals surface area contributed by atoms with Crippen molar-refractivity contribution in [3.63, 3.8) is 0 Å². The minimum Gasteiger partial charge on any atom is -0.340 e. The third-order valence-electron chi connectivity index (χ3n) is 3.31. The van der Waals surface area contributed by atoms with Crippen LogP contribution in [0, 0.1) is 6.92 Å². The van der Waals surface area contributed by atoms with E-state index in [2.05, 4.69) is 26.1 Å². The van der Waals surface area contributed by atoms with E-state index in [1.807, 2.05) is 19.2 Å². The predicted molar refractivity (Wildman–Crippen MR) is 65.7 cm³/mol. The van der Waals surface area contributed by atoms with Gasteiger partial charge in [-0.15, -0.1) is 0 Å². The fraction of sp³-hybridized carbons (Fsp3) is 0.462. The van der Waals surface area contributed by atoms with Gasteiger partial charge in [-0.1, -0.05) is 11.2 Å². The molecule has 0 N–H and O–H groups in total. The van der Waals surface area contributed by atoms with Crippen molar-refractivity contribution in [2.75, 3.05) is 6.54 Å². The summed E-state index contributed by atoms with van der Waals surface area (Å²) >= 11 is 0. The maximum absolute atomic E-state index is 5.08. The van der Waals surface area contributed by atoms with Gasteiger partial charge in [0.1, 0.15) is 0 Å². The molecule has 0 spiro atoms. The molecule has 1 fully saturated rings. The van der Waals surface area contributed by atoms with Crippen molar-refractivity contribution in [3.05, 3.63) is 41.8 Å². The Morgan fingerprint density at radius 3 is 3.17 bits per heavy atom. The van der Waals surface area contributed by atoms with Crippen molar-refractivity contribution >= 4 is 0 Å². The van der Waals surface area contributed by atoms with Gasteiger partial charge in [0, 0.05) is 25.9 Å². The fourth-order valence-electron chi connectivity index (χ4n) is 2.48. The van der Waals surface area contributed by atoms with E-state index in [1.54, 1.807) is 6.20 Å². The Morgan fingerprint density at radius 1 is 1.50 bits per heavy atom. The lowest BCUT2D eigenvalue weighted by Crippen LogP contribution is -2.23. The molecule has 0 radical (unpaired) electrons. The maximum atomic E-state index is 5.08. The zero-order valence-electron chi connectivity index (χ0n) is 10.4. The van der Waals surface area contributed by atoms with E-state index >= 15 is 0 Å². The second kappa shape index (κ2) is 4.86. The molecule has 0 bridgehead atoms. The summed E-state index contributed by atoms with van der Waals surface area (Å²) in [6, 6.07) is 4.35. The molecule has 2 aromatic heterocycles. The molecule has 2 aromatic rings.